The van der Waals surface area contributed by atoms with Gasteiger partial charge in [0.05, 0.1) is 11.9 Å². The lowest BCUT2D eigenvalue weighted by atomic mass is 10.3. The second-order valence-electron chi connectivity index (χ2n) is 3.42. The normalized spacial score (nSPS) is 9.89. The number of hydrogen-bond donors (Lipinski definition) is 2. The minimum Gasteiger partial charge on any atom is -0.306 e. The Morgan fingerprint density at radius 2 is 1.78 bits per heavy atom. The third kappa shape index (κ3) is 2.79. The second-order valence-corrected chi connectivity index (χ2v) is 3.42. The van der Waals surface area contributed by atoms with E-state index >= 15 is 0 Å². The number of carbonyl (C=O) groups excluding carboxylic acids is 1. The summed E-state index contributed by atoms with van der Waals surface area (Å²) in [6, 6.07) is 5.82. The predicted octanol–water partition coefficient (Wildman–Crippen LogP) is 3.00. The van der Waals surface area contributed by atoms with E-state index in [1.807, 2.05) is 0 Å². The van der Waals surface area contributed by atoms with Crippen LogP contribution < -0.4 is 10.6 Å². The molecule has 2 N–H and O–H groups in total. The molecule has 0 atom stereocenters. The number of para-hydroxylation sites is 1. The van der Waals surface area contributed by atoms with Crippen LogP contribution in [0.2, 0.25) is 0 Å². The van der Waals surface area contributed by atoms with Crippen molar-refractivity contribution in [1.82, 2.24) is 4.98 Å². The molecule has 2 rings (SSSR count). The lowest BCUT2D eigenvalue weighted by Gasteiger charge is -2.08. The van der Waals surface area contributed by atoms with Crippen LogP contribution >= 0.6 is 0 Å². The van der Waals surface area contributed by atoms with Crippen LogP contribution in [0, 0.1) is 11.6 Å². The number of amides is 2. The molecule has 0 aliphatic heterocycles. The van der Waals surface area contributed by atoms with Crippen molar-refractivity contribution in [3.8, 4) is 0 Å². The van der Waals surface area contributed by atoms with Gasteiger partial charge in [-0.1, -0.05) is 6.07 Å². The van der Waals surface area contributed by atoms with E-state index in [2.05, 4.69) is 15.6 Å². The standard InChI is InChI=1S/C12H9F2N3O/c13-9-4-1-5-10(14)11(9)17-12(18)16-8-3-2-6-15-7-8/h1-7H,(H2,16,17,18). The Morgan fingerprint density at radius 1 is 1.06 bits per heavy atom. The molecule has 1 heterocycles. The largest absolute Gasteiger partial charge is 0.323 e. The molecule has 18 heavy (non-hydrogen) atoms. The zero-order valence-electron chi connectivity index (χ0n) is 9.15. The Balaban J connectivity index is 2.08. The molecule has 0 aliphatic rings. The smallest absolute Gasteiger partial charge is 0.306 e. The summed E-state index contributed by atoms with van der Waals surface area (Å²) < 4.78 is 26.5. The molecule has 1 aromatic carbocycles. The van der Waals surface area contributed by atoms with E-state index in [4.69, 9.17) is 0 Å². The number of hydrogen-bond acceptors (Lipinski definition) is 2. The van der Waals surface area contributed by atoms with Gasteiger partial charge in [0.2, 0.25) is 0 Å². The van der Waals surface area contributed by atoms with Crippen LogP contribution in [0.5, 0.6) is 0 Å². The highest BCUT2D eigenvalue weighted by Gasteiger charge is 2.11. The van der Waals surface area contributed by atoms with Gasteiger partial charge in [-0.2, -0.15) is 0 Å². The van der Waals surface area contributed by atoms with Crippen molar-refractivity contribution in [1.29, 1.82) is 0 Å². The summed E-state index contributed by atoms with van der Waals surface area (Å²) in [5.74, 6) is -1.67. The van der Waals surface area contributed by atoms with E-state index in [0.717, 1.165) is 12.1 Å². The Kier molecular flexibility index (Phi) is 3.47. The second kappa shape index (κ2) is 5.22. The summed E-state index contributed by atoms with van der Waals surface area (Å²) in [5, 5.41) is 4.50. The fourth-order valence-electron chi connectivity index (χ4n) is 1.33. The van der Waals surface area contributed by atoms with Gasteiger partial charge in [0, 0.05) is 6.20 Å². The Labute approximate surface area is 102 Å². The number of nitrogens with one attached hydrogen (secondary N) is 2. The van der Waals surface area contributed by atoms with Gasteiger partial charge in [0.25, 0.3) is 0 Å². The average Bonchev–Trinajstić information content (AvgIpc) is 2.35. The number of carbonyl (C=O) groups is 1. The van der Waals surface area contributed by atoms with E-state index in [9.17, 15) is 13.6 Å². The highest BCUT2D eigenvalue weighted by Crippen LogP contribution is 2.18. The van der Waals surface area contributed by atoms with Crippen LogP contribution in [0.25, 0.3) is 0 Å². The average molecular weight is 249 g/mol. The maximum atomic E-state index is 13.3. The lowest BCUT2D eigenvalue weighted by Crippen LogP contribution is -2.21. The number of pyridine rings is 1. The molecule has 4 nitrogen and oxygen atoms in total. The van der Waals surface area contributed by atoms with Crippen LogP contribution in [0.1, 0.15) is 0 Å². The molecular formula is C12H9F2N3O. The Bertz CT molecular complexity index is 540. The zero-order chi connectivity index (χ0) is 13.0. The van der Waals surface area contributed by atoms with Crippen molar-refractivity contribution in [2.75, 3.05) is 10.6 Å². The van der Waals surface area contributed by atoms with Gasteiger partial charge in [-0.15, -0.1) is 0 Å². The molecular weight excluding hydrogens is 240 g/mol. The molecule has 0 radical (unpaired) electrons. The van der Waals surface area contributed by atoms with Crippen LogP contribution in [0.4, 0.5) is 25.0 Å². The van der Waals surface area contributed by atoms with E-state index in [-0.39, 0.29) is 0 Å². The van der Waals surface area contributed by atoms with Gasteiger partial charge in [-0.25, -0.2) is 13.6 Å². The van der Waals surface area contributed by atoms with Crippen molar-refractivity contribution >= 4 is 17.4 Å². The van der Waals surface area contributed by atoms with E-state index in [1.165, 1.54) is 12.3 Å². The SMILES string of the molecule is O=C(Nc1cccnc1)Nc1c(F)cccc1F. The minimum absolute atomic E-state index is 0.423. The summed E-state index contributed by atoms with van der Waals surface area (Å²) in [4.78, 5) is 15.3. The summed E-state index contributed by atoms with van der Waals surface area (Å²) >= 11 is 0. The Morgan fingerprint density at radius 3 is 2.39 bits per heavy atom. The quantitative estimate of drug-likeness (QED) is 0.859. The van der Waals surface area contributed by atoms with Gasteiger partial charge >= 0.3 is 6.03 Å². The first kappa shape index (κ1) is 12.0. The highest BCUT2D eigenvalue weighted by atomic mass is 19.1. The van der Waals surface area contributed by atoms with Gasteiger partial charge in [0.15, 0.2) is 0 Å². The highest BCUT2D eigenvalue weighted by molar-refractivity contribution is 5.99. The predicted molar refractivity (Wildman–Crippen MR) is 63.2 cm³/mol. The first-order valence-corrected chi connectivity index (χ1v) is 5.09. The molecule has 0 bridgehead atoms. The fraction of sp³-hybridized carbons (Fsp3) is 0. The van der Waals surface area contributed by atoms with Gasteiger partial charge in [-0.05, 0) is 24.3 Å². The molecule has 92 valence electrons. The minimum atomic E-state index is -0.837. The van der Waals surface area contributed by atoms with Crippen molar-refractivity contribution < 1.29 is 13.6 Å². The molecule has 0 unspecified atom stereocenters. The molecule has 0 saturated carbocycles. The molecule has 2 amide bonds. The van der Waals surface area contributed by atoms with E-state index < -0.39 is 23.4 Å². The summed E-state index contributed by atoms with van der Waals surface area (Å²) in [6.45, 7) is 0. The summed E-state index contributed by atoms with van der Waals surface area (Å²) in [6.07, 6.45) is 2.96. The molecule has 0 spiro atoms. The number of urea groups is 1. The first-order valence-electron chi connectivity index (χ1n) is 5.09. The van der Waals surface area contributed by atoms with Crippen LogP contribution in [-0.2, 0) is 0 Å². The third-order valence-corrected chi connectivity index (χ3v) is 2.12. The number of anilines is 2. The number of aromatic nitrogens is 1. The number of nitrogens with zero attached hydrogens (tertiary/aromatic N) is 1. The van der Waals surface area contributed by atoms with Crippen molar-refractivity contribution in [2.45, 2.75) is 0 Å². The molecule has 1 aromatic heterocycles. The molecule has 6 heteroatoms. The van der Waals surface area contributed by atoms with Crippen molar-refractivity contribution in [3.05, 3.63) is 54.4 Å². The van der Waals surface area contributed by atoms with Crippen molar-refractivity contribution in [3.63, 3.8) is 0 Å². The molecule has 2 aromatic rings. The number of rotatable bonds is 2. The van der Waals surface area contributed by atoms with E-state index in [0.29, 0.717) is 5.69 Å². The number of halogens is 2. The lowest BCUT2D eigenvalue weighted by molar-refractivity contribution is 0.262. The van der Waals surface area contributed by atoms with Crippen LogP contribution in [0.3, 0.4) is 0 Å². The molecule has 0 aliphatic carbocycles. The van der Waals surface area contributed by atoms with Crippen LogP contribution in [0.15, 0.2) is 42.7 Å². The molecule has 0 saturated heterocycles. The number of benzene rings is 1. The summed E-state index contributed by atoms with van der Waals surface area (Å²) in [5.41, 5.74) is -0.0642. The van der Waals surface area contributed by atoms with Gasteiger partial charge in [-0.3, -0.25) is 4.98 Å². The topological polar surface area (TPSA) is 54.0 Å². The first-order chi connectivity index (χ1) is 8.66. The zero-order valence-corrected chi connectivity index (χ0v) is 9.15. The fourth-order valence-corrected chi connectivity index (χ4v) is 1.33. The van der Waals surface area contributed by atoms with Crippen LogP contribution in [-0.4, -0.2) is 11.0 Å². The monoisotopic (exact) mass is 249 g/mol. The summed E-state index contributed by atoms with van der Waals surface area (Å²) in [7, 11) is 0. The maximum Gasteiger partial charge on any atom is 0.323 e. The van der Waals surface area contributed by atoms with Gasteiger partial charge in [0.1, 0.15) is 17.3 Å². The third-order valence-electron chi connectivity index (χ3n) is 2.12. The van der Waals surface area contributed by atoms with Gasteiger partial charge < -0.3 is 10.6 Å². The Hall–Kier alpha value is -2.50. The molecule has 0 fully saturated rings. The van der Waals surface area contributed by atoms with E-state index in [1.54, 1.807) is 18.3 Å². The van der Waals surface area contributed by atoms with Crippen molar-refractivity contribution in [2.24, 2.45) is 0 Å². The maximum absolute atomic E-state index is 13.3.